The molecule has 0 heterocycles. The van der Waals surface area contributed by atoms with E-state index in [1.165, 1.54) is 0 Å². The number of ether oxygens (including phenoxy) is 1. The van der Waals surface area contributed by atoms with Gasteiger partial charge in [-0.2, -0.15) is 0 Å². The van der Waals surface area contributed by atoms with Gasteiger partial charge >= 0.3 is 11.9 Å². The highest BCUT2D eigenvalue weighted by molar-refractivity contribution is 5.70. The minimum atomic E-state index is -1.01. The summed E-state index contributed by atoms with van der Waals surface area (Å²) in [5, 5.41) is 16.3. The van der Waals surface area contributed by atoms with Gasteiger partial charge in [0.05, 0.1) is 19.4 Å². The molecule has 0 radical (unpaired) electrons. The number of hydrogen-bond acceptors (Lipinski definition) is 4. The fourth-order valence-electron chi connectivity index (χ4n) is 0.416. The van der Waals surface area contributed by atoms with E-state index in [4.69, 9.17) is 10.2 Å². The minimum Gasteiger partial charge on any atom is -0.481 e. The van der Waals surface area contributed by atoms with Gasteiger partial charge in [-0.05, 0) is 0 Å². The van der Waals surface area contributed by atoms with Crippen molar-refractivity contribution < 1.29 is 24.5 Å². The SMILES string of the molecule is O=C(O)CCOC(=O)CCO. The highest BCUT2D eigenvalue weighted by atomic mass is 16.5. The number of carboxylic acids is 1. The van der Waals surface area contributed by atoms with Crippen LogP contribution in [0.15, 0.2) is 0 Å². The van der Waals surface area contributed by atoms with Crippen molar-refractivity contribution in [3.8, 4) is 0 Å². The summed E-state index contributed by atoms with van der Waals surface area (Å²) in [5.41, 5.74) is 0. The number of aliphatic hydroxyl groups excluding tert-OH is 1. The first-order valence-electron chi connectivity index (χ1n) is 3.15. The van der Waals surface area contributed by atoms with Crippen molar-refractivity contribution in [2.75, 3.05) is 13.2 Å². The molecule has 0 aliphatic rings. The number of esters is 1. The van der Waals surface area contributed by atoms with Gasteiger partial charge < -0.3 is 14.9 Å². The monoisotopic (exact) mass is 162 g/mol. The molecule has 0 atom stereocenters. The molecule has 0 amide bonds. The van der Waals surface area contributed by atoms with Crippen LogP contribution < -0.4 is 0 Å². The Hall–Kier alpha value is -1.10. The third-order valence-corrected chi connectivity index (χ3v) is 0.895. The zero-order valence-electron chi connectivity index (χ0n) is 5.95. The molecule has 5 nitrogen and oxygen atoms in total. The van der Waals surface area contributed by atoms with Crippen LogP contribution in [-0.4, -0.2) is 35.4 Å². The first-order valence-corrected chi connectivity index (χ1v) is 3.15. The first kappa shape index (κ1) is 9.90. The number of aliphatic hydroxyl groups is 1. The first-order chi connectivity index (χ1) is 5.16. The van der Waals surface area contributed by atoms with Gasteiger partial charge in [0.25, 0.3) is 0 Å². The third-order valence-electron chi connectivity index (χ3n) is 0.895. The normalized spacial score (nSPS) is 9.18. The van der Waals surface area contributed by atoms with Crippen LogP contribution in [0.2, 0.25) is 0 Å². The molecule has 0 saturated carbocycles. The molecule has 0 aromatic carbocycles. The molecule has 0 bridgehead atoms. The zero-order chi connectivity index (χ0) is 8.69. The summed E-state index contributed by atoms with van der Waals surface area (Å²) in [6.07, 6.45) is -0.281. The van der Waals surface area contributed by atoms with Gasteiger partial charge in [0, 0.05) is 0 Å². The Balaban J connectivity index is 3.24. The topological polar surface area (TPSA) is 83.8 Å². The predicted octanol–water partition coefficient (Wildman–Crippen LogP) is -0.613. The number of rotatable bonds is 5. The van der Waals surface area contributed by atoms with Crippen molar-refractivity contribution in [1.82, 2.24) is 0 Å². The Labute approximate surface area is 63.6 Å². The van der Waals surface area contributed by atoms with E-state index in [1.807, 2.05) is 0 Å². The summed E-state index contributed by atoms with van der Waals surface area (Å²) in [6.45, 7) is -0.403. The average Bonchev–Trinajstić information content (AvgIpc) is 1.87. The Morgan fingerprint density at radius 3 is 2.36 bits per heavy atom. The minimum absolute atomic E-state index is 0.0837. The highest BCUT2D eigenvalue weighted by Crippen LogP contribution is 1.87. The molecular weight excluding hydrogens is 152 g/mol. The van der Waals surface area contributed by atoms with Gasteiger partial charge in [0.2, 0.25) is 0 Å². The number of carbonyl (C=O) groups is 2. The van der Waals surface area contributed by atoms with E-state index in [-0.39, 0.29) is 26.1 Å². The van der Waals surface area contributed by atoms with E-state index >= 15 is 0 Å². The number of carbonyl (C=O) groups excluding carboxylic acids is 1. The van der Waals surface area contributed by atoms with Crippen LogP contribution in [0.25, 0.3) is 0 Å². The summed E-state index contributed by atoms with van der Waals surface area (Å²) < 4.78 is 4.41. The van der Waals surface area contributed by atoms with Crippen molar-refractivity contribution in [3.63, 3.8) is 0 Å². The molecule has 0 fully saturated rings. The summed E-state index contributed by atoms with van der Waals surface area (Å²) in [6, 6.07) is 0. The second kappa shape index (κ2) is 5.67. The van der Waals surface area contributed by atoms with Gasteiger partial charge in [-0.15, -0.1) is 0 Å². The van der Waals surface area contributed by atoms with Gasteiger partial charge in [-0.3, -0.25) is 9.59 Å². The highest BCUT2D eigenvalue weighted by Gasteiger charge is 2.02. The fourth-order valence-corrected chi connectivity index (χ4v) is 0.416. The molecule has 0 unspecified atom stereocenters. The summed E-state index contributed by atoms with van der Waals surface area (Å²) in [5.74, 6) is -1.59. The fraction of sp³-hybridized carbons (Fsp3) is 0.667. The maximum atomic E-state index is 10.4. The number of hydrogen-bond donors (Lipinski definition) is 2. The molecule has 0 rings (SSSR count). The largest absolute Gasteiger partial charge is 0.481 e. The van der Waals surface area contributed by atoms with Crippen LogP contribution in [0.1, 0.15) is 12.8 Å². The van der Waals surface area contributed by atoms with Crippen molar-refractivity contribution in [2.45, 2.75) is 12.8 Å². The second-order valence-electron chi connectivity index (χ2n) is 1.84. The quantitative estimate of drug-likeness (QED) is 0.526. The Morgan fingerprint density at radius 1 is 1.27 bits per heavy atom. The lowest BCUT2D eigenvalue weighted by atomic mass is 10.4. The van der Waals surface area contributed by atoms with Crippen LogP contribution in [-0.2, 0) is 14.3 Å². The van der Waals surface area contributed by atoms with Crippen LogP contribution in [0.5, 0.6) is 0 Å². The Kier molecular flexibility index (Phi) is 5.10. The molecule has 0 spiro atoms. The predicted molar refractivity (Wildman–Crippen MR) is 34.9 cm³/mol. The van der Waals surface area contributed by atoms with Crippen LogP contribution in [0, 0.1) is 0 Å². The van der Waals surface area contributed by atoms with Crippen molar-refractivity contribution in [3.05, 3.63) is 0 Å². The molecule has 5 heteroatoms. The molecule has 11 heavy (non-hydrogen) atoms. The van der Waals surface area contributed by atoms with Gasteiger partial charge in [-0.1, -0.05) is 0 Å². The maximum Gasteiger partial charge on any atom is 0.308 e. The third kappa shape index (κ3) is 6.79. The molecule has 0 aromatic heterocycles. The van der Waals surface area contributed by atoms with E-state index in [0.717, 1.165) is 0 Å². The zero-order valence-corrected chi connectivity index (χ0v) is 5.95. The van der Waals surface area contributed by atoms with Crippen LogP contribution in [0.4, 0.5) is 0 Å². The summed E-state index contributed by atoms with van der Waals surface area (Å²) >= 11 is 0. The van der Waals surface area contributed by atoms with E-state index in [9.17, 15) is 9.59 Å². The molecule has 0 saturated heterocycles. The Bertz CT molecular complexity index is 142. The van der Waals surface area contributed by atoms with Gasteiger partial charge in [0.15, 0.2) is 0 Å². The molecule has 0 aliphatic heterocycles. The van der Waals surface area contributed by atoms with E-state index in [2.05, 4.69) is 4.74 Å². The van der Waals surface area contributed by atoms with Crippen molar-refractivity contribution in [2.24, 2.45) is 0 Å². The van der Waals surface area contributed by atoms with E-state index in [1.54, 1.807) is 0 Å². The molecule has 0 aliphatic carbocycles. The van der Waals surface area contributed by atoms with E-state index < -0.39 is 11.9 Å². The van der Waals surface area contributed by atoms with Crippen molar-refractivity contribution >= 4 is 11.9 Å². The molecular formula is C6H10O5. The average molecular weight is 162 g/mol. The number of carboxylic acid groups (broad SMARTS) is 1. The van der Waals surface area contributed by atoms with Crippen LogP contribution in [0.3, 0.4) is 0 Å². The van der Waals surface area contributed by atoms with Gasteiger partial charge in [0.1, 0.15) is 6.61 Å². The van der Waals surface area contributed by atoms with Crippen LogP contribution >= 0.6 is 0 Å². The van der Waals surface area contributed by atoms with E-state index in [0.29, 0.717) is 0 Å². The lowest BCUT2D eigenvalue weighted by Crippen LogP contribution is -2.10. The molecule has 2 N–H and O–H groups in total. The Morgan fingerprint density at radius 2 is 1.91 bits per heavy atom. The van der Waals surface area contributed by atoms with Crippen molar-refractivity contribution in [1.29, 1.82) is 0 Å². The standard InChI is InChI=1S/C6H10O5/c7-3-1-6(10)11-4-2-5(8)9/h7H,1-4H2,(H,8,9). The maximum absolute atomic E-state index is 10.4. The van der Waals surface area contributed by atoms with Gasteiger partial charge in [-0.25, -0.2) is 0 Å². The second-order valence-corrected chi connectivity index (χ2v) is 1.84. The lowest BCUT2D eigenvalue weighted by molar-refractivity contribution is -0.147. The number of aliphatic carboxylic acids is 1. The smallest absolute Gasteiger partial charge is 0.308 e. The molecule has 64 valence electrons. The summed E-state index contributed by atoms with van der Waals surface area (Å²) in [4.78, 5) is 20.3. The lowest BCUT2D eigenvalue weighted by Gasteiger charge is -1.99. The summed E-state index contributed by atoms with van der Waals surface area (Å²) in [7, 11) is 0. The molecule has 0 aromatic rings.